The smallest absolute Gasteiger partial charge is 0.261 e. The maximum atomic E-state index is 13.5. The lowest BCUT2D eigenvalue weighted by Gasteiger charge is -2.36. The van der Waals surface area contributed by atoms with Crippen LogP contribution < -0.4 is 9.62 Å². The van der Waals surface area contributed by atoms with Crippen molar-refractivity contribution in [1.82, 2.24) is 4.90 Å². The number of carbonyl (C=O) groups is 1. The van der Waals surface area contributed by atoms with Crippen LogP contribution in [0, 0.1) is 12.7 Å². The van der Waals surface area contributed by atoms with Crippen molar-refractivity contribution < 1.29 is 17.6 Å². The number of sulfonamides is 1. The van der Waals surface area contributed by atoms with Crippen LogP contribution in [0.5, 0.6) is 0 Å². The quantitative estimate of drug-likeness (QED) is 0.573. The van der Waals surface area contributed by atoms with Crippen LogP contribution >= 0.6 is 11.6 Å². The lowest BCUT2D eigenvalue weighted by atomic mass is 10.1. The molecular weight excluding hydrogens is 465 g/mol. The fraction of sp³-hybridized carbons (Fsp3) is 0.208. The van der Waals surface area contributed by atoms with E-state index in [-0.39, 0.29) is 16.4 Å². The zero-order valence-corrected chi connectivity index (χ0v) is 19.5. The number of hydrogen-bond donors (Lipinski definition) is 1. The molecular formula is C24H23ClFN3O3S. The van der Waals surface area contributed by atoms with Crippen molar-refractivity contribution in [2.24, 2.45) is 0 Å². The van der Waals surface area contributed by atoms with Crippen molar-refractivity contribution >= 4 is 38.9 Å². The first-order valence-corrected chi connectivity index (χ1v) is 12.3. The van der Waals surface area contributed by atoms with Gasteiger partial charge in [-0.15, -0.1) is 0 Å². The summed E-state index contributed by atoms with van der Waals surface area (Å²) in [6, 6.07) is 17.5. The Labute approximate surface area is 197 Å². The SMILES string of the molecule is Cc1cc(S(=O)(=O)Nc2ccc(C(=O)N3CCN(c4ccccc4Cl)CC3)cc2)ccc1F. The minimum atomic E-state index is -3.87. The topological polar surface area (TPSA) is 69.7 Å². The summed E-state index contributed by atoms with van der Waals surface area (Å²) in [7, 11) is -3.87. The van der Waals surface area contributed by atoms with E-state index in [2.05, 4.69) is 9.62 Å². The zero-order chi connectivity index (χ0) is 23.6. The molecule has 1 heterocycles. The number of benzene rings is 3. The molecule has 172 valence electrons. The van der Waals surface area contributed by atoms with Crippen LogP contribution in [0.4, 0.5) is 15.8 Å². The normalized spacial score (nSPS) is 14.3. The van der Waals surface area contributed by atoms with Crippen LogP contribution in [-0.4, -0.2) is 45.4 Å². The Bertz CT molecular complexity index is 1270. The highest BCUT2D eigenvalue weighted by Crippen LogP contribution is 2.26. The van der Waals surface area contributed by atoms with Gasteiger partial charge in [-0.3, -0.25) is 9.52 Å². The van der Waals surface area contributed by atoms with Gasteiger partial charge in [-0.1, -0.05) is 23.7 Å². The van der Waals surface area contributed by atoms with E-state index >= 15 is 0 Å². The Morgan fingerprint density at radius 2 is 1.64 bits per heavy atom. The summed E-state index contributed by atoms with van der Waals surface area (Å²) >= 11 is 6.28. The molecule has 6 nitrogen and oxygen atoms in total. The van der Waals surface area contributed by atoms with Gasteiger partial charge in [0, 0.05) is 37.4 Å². The van der Waals surface area contributed by atoms with E-state index < -0.39 is 15.8 Å². The summed E-state index contributed by atoms with van der Waals surface area (Å²) in [5, 5.41) is 0.686. The average Bonchev–Trinajstić information content (AvgIpc) is 2.81. The van der Waals surface area contributed by atoms with Gasteiger partial charge in [0.05, 0.1) is 15.6 Å². The van der Waals surface area contributed by atoms with Gasteiger partial charge in [-0.25, -0.2) is 12.8 Å². The lowest BCUT2D eigenvalue weighted by molar-refractivity contribution is 0.0747. The number of nitrogens with zero attached hydrogens (tertiary/aromatic N) is 2. The molecule has 0 unspecified atom stereocenters. The number of nitrogens with one attached hydrogen (secondary N) is 1. The molecule has 1 N–H and O–H groups in total. The van der Waals surface area contributed by atoms with Crippen LogP contribution in [0.3, 0.4) is 0 Å². The molecule has 3 aromatic rings. The van der Waals surface area contributed by atoms with E-state index in [4.69, 9.17) is 11.6 Å². The van der Waals surface area contributed by atoms with E-state index in [9.17, 15) is 17.6 Å². The summed E-state index contributed by atoms with van der Waals surface area (Å²) in [6.45, 7) is 3.96. The Kier molecular flexibility index (Phi) is 6.58. The fourth-order valence-corrected chi connectivity index (χ4v) is 5.12. The molecule has 1 aliphatic rings. The second-order valence-electron chi connectivity index (χ2n) is 7.82. The minimum absolute atomic E-state index is 0.0297. The summed E-state index contributed by atoms with van der Waals surface area (Å²) in [5.74, 6) is -0.582. The van der Waals surface area contributed by atoms with E-state index in [1.807, 2.05) is 24.3 Å². The summed E-state index contributed by atoms with van der Waals surface area (Å²) < 4.78 is 41.1. The second kappa shape index (κ2) is 9.41. The van der Waals surface area contributed by atoms with Crippen molar-refractivity contribution in [2.75, 3.05) is 35.8 Å². The maximum absolute atomic E-state index is 13.5. The molecule has 1 amide bonds. The van der Waals surface area contributed by atoms with Gasteiger partial charge in [0.2, 0.25) is 0 Å². The molecule has 0 aliphatic carbocycles. The number of carbonyl (C=O) groups excluding carboxylic acids is 1. The summed E-state index contributed by atoms with van der Waals surface area (Å²) in [6.07, 6.45) is 0. The molecule has 4 rings (SSSR count). The number of para-hydroxylation sites is 1. The molecule has 0 radical (unpaired) electrons. The molecule has 1 fully saturated rings. The highest BCUT2D eigenvalue weighted by Gasteiger charge is 2.23. The van der Waals surface area contributed by atoms with Gasteiger partial charge in [0.1, 0.15) is 5.82 Å². The third-order valence-corrected chi connectivity index (χ3v) is 7.28. The van der Waals surface area contributed by atoms with Crippen LogP contribution in [0.2, 0.25) is 5.02 Å². The van der Waals surface area contributed by atoms with E-state index in [0.29, 0.717) is 42.5 Å². The van der Waals surface area contributed by atoms with Gasteiger partial charge < -0.3 is 9.80 Å². The standard InChI is InChI=1S/C24H23ClFN3O3S/c1-17-16-20(10-11-22(17)26)33(31,32)27-19-8-6-18(7-9-19)24(30)29-14-12-28(13-15-29)23-5-3-2-4-21(23)25/h2-11,16,27H,12-15H2,1H3. The van der Waals surface area contributed by atoms with Crippen molar-refractivity contribution in [3.8, 4) is 0 Å². The Hall–Kier alpha value is -3.10. The first-order valence-electron chi connectivity index (χ1n) is 10.4. The first kappa shape index (κ1) is 23.1. The highest BCUT2D eigenvalue weighted by atomic mass is 35.5. The van der Waals surface area contributed by atoms with E-state index in [0.717, 1.165) is 11.8 Å². The third kappa shape index (κ3) is 5.12. The van der Waals surface area contributed by atoms with Crippen LogP contribution in [0.1, 0.15) is 15.9 Å². The van der Waals surface area contributed by atoms with Crippen molar-refractivity contribution in [3.05, 3.63) is 88.7 Å². The molecule has 0 spiro atoms. The number of hydrogen-bond acceptors (Lipinski definition) is 4. The maximum Gasteiger partial charge on any atom is 0.261 e. The van der Waals surface area contributed by atoms with E-state index in [1.54, 1.807) is 29.2 Å². The number of anilines is 2. The number of halogens is 2. The average molecular weight is 488 g/mol. The monoisotopic (exact) mass is 487 g/mol. The second-order valence-corrected chi connectivity index (χ2v) is 9.91. The van der Waals surface area contributed by atoms with Crippen molar-refractivity contribution in [1.29, 1.82) is 0 Å². The largest absolute Gasteiger partial charge is 0.367 e. The van der Waals surface area contributed by atoms with Gasteiger partial charge >= 0.3 is 0 Å². The molecule has 1 aliphatic heterocycles. The number of rotatable bonds is 5. The van der Waals surface area contributed by atoms with Gasteiger partial charge in [-0.2, -0.15) is 0 Å². The van der Waals surface area contributed by atoms with Crippen LogP contribution in [0.25, 0.3) is 0 Å². The molecule has 0 aromatic heterocycles. The highest BCUT2D eigenvalue weighted by molar-refractivity contribution is 7.92. The molecule has 0 saturated carbocycles. The Morgan fingerprint density at radius 3 is 2.27 bits per heavy atom. The molecule has 3 aromatic carbocycles. The Morgan fingerprint density at radius 1 is 0.970 bits per heavy atom. The first-order chi connectivity index (χ1) is 15.7. The van der Waals surface area contributed by atoms with Crippen molar-refractivity contribution in [3.63, 3.8) is 0 Å². The predicted octanol–water partition coefficient (Wildman–Crippen LogP) is 4.55. The minimum Gasteiger partial charge on any atom is -0.367 e. The van der Waals surface area contributed by atoms with E-state index in [1.165, 1.54) is 19.1 Å². The zero-order valence-electron chi connectivity index (χ0n) is 18.0. The number of piperazine rings is 1. The van der Waals surface area contributed by atoms with Crippen LogP contribution in [0.15, 0.2) is 71.6 Å². The van der Waals surface area contributed by atoms with Crippen molar-refractivity contribution in [2.45, 2.75) is 11.8 Å². The molecule has 1 saturated heterocycles. The number of aryl methyl sites for hydroxylation is 1. The van der Waals surface area contributed by atoms with Crippen LogP contribution in [-0.2, 0) is 10.0 Å². The molecule has 0 bridgehead atoms. The summed E-state index contributed by atoms with van der Waals surface area (Å²) in [4.78, 5) is 16.8. The lowest BCUT2D eigenvalue weighted by Crippen LogP contribution is -2.48. The molecule has 0 atom stereocenters. The Balaban J connectivity index is 1.39. The third-order valence-electron chi connectivity index (χ3n) is 5.58. The molecule has 9 heteroatoms. The molecule has 33 heavy (non-hydrogen) atoms. The fourth-order valence-electron chi connectivity index (χ4n) is 3.72. The number of amides is 1. The van der Waals surface area contributed by atoms with Gasteiger partial charge in [-0.05, 0) is 67.1 Å². The van der Waals surface area contributed by atoms with Gasteiger partial charge in [0.25, 0.3) is 15.9 Å². The van der Waals surface area contributed by atoms with Gasteiger partial charge in [0.15, 0.2) is 0 Å². The predicted molar refractivity (Wildman–Crippen MR) is 128 cm³/mol. The summed E-state index contributed by atoms with van der Waals surface area (Å²) in [5.41, 5.74) is 1.99.